The van der Waals surface area contributed by atoms with Gasteiger partial charge in [-0.25, -0.2) is 0 Å². The maximum Gasteiger partial charge on any atom is 0.302 e. The number of amidine groups is 1. The summed E-state index contributed by atoms with van der Waals surface area (Å²) in [6.45, 7) is -1.84. The fraction of sp³-hybridized carbons (Fsp3) is 0.413. The molecule has 0 aromatic heterocycles. The number of allylic oxidation sites excluding steroid dienone is 1. The van der Waals surface area contributed by atoms with Gasteiger partial charge in [-0.1, -0.05) is 30.7 Å². The second-order valence-corrected chi connectivity index (χ2v) is 16.9. The number of hydrogen-bond donors (Lipinski definition) is 7. The Morgan fingerprint density at radius 1 is 0.969 bits per heavy atom. The van der Waals surface area contributed by atoms with Crippen LogP contribution < -0.4 is 20.1 Å². The molecule has 2 aliphatic carbocycles. The number of rotatable bonds is 10. The smallest absolute Gasteiger partial charge is 0.302 e. The van der Waals surface area contributed by atoms with Gasteiger partial charge in [0.05, 0.1) is 24.5 Å². The van der Waals surface area contributed by atoms with Crippen molar-refractivity contribution in [3.8, 4) is 11.5 Å². The molecule has 19 nitrogen and oxygen atoms in total. The molecule has 1 spiro atoms. The molecule has 1 saturated heterocycles. The number of ketones is 2. The van der Waals surface area contributed by atoms with Crippen molar-refractivity contribution in [3.05, 3.63) is 99.8 Å². The SMILES string of the molecule is NC1=NC(=O)C2=NCN(c3ccccc3[C@@H]3/C=C\OC4(CCCCC4)[C@@H]4O[C@H](Oc5c3cc3c(c5OC[C@H](O)CC=O)C(=O)c5cc(CO)ccc5C3=O)[C@](O)(CCO)[C@H](O)[C@H]4O)C2=N1. The molecule has 3 aromatic carbocycles. The van der Waals surface area contributed by atoms with Crippen LogP contribution in [0.2, 0.25) is 0 Å². The third kappa shape index (κ3) is 7.42. The van der Waals surface area contributed by atoms with Gasteiger partial charge < -0.3 is 65.0 Å². The number of aliphatic imine (C=N–C) groups is 3. The fourth-order valence-corrected chi connectivity index (χ4v) is 9.73. The van der Waals surface area contributed by atoms with Crippen LogP contribution in [0.1, 0.15) is 99.4 Å². The highest BCUT2D eigenvalue weighted by atomic mass is 16.7. The third-order valence-corrected chi connectivity index (χ3v) is 13.0. The van der Waals surface area contributed by atoms with E-state index in [0.717, 1.165) is 6.42 Å². The lowest BCUT2D eigenvalue weighted by molar-refractivity contribution is -0.345. The lowest BCUT2D eigenvalue weighted by Gasteiger charge is -2.53. The molecule has 65 heavy (non-hydrogen) atoms. The van der Waals surface area contributed by atoms with Gasteiger partial charge in [0, 0.05) is 53.3 Å². The Hall–Kier alpha value is -6.19. The van der Waals surface area contributed by atoms with Crippen LogP contribution >= 0.6 is 0 Å². The van der Waals surface area contributed by atoms with Crippen molar-refractivity contribution in [1.29, 1.82) is 0 Å². The highest BCUT2D eigenvalue weighted by Crippen LogP contribution is 2.52. The number of guanidine groups is 1. The second kappa shape index (κ2) is 17.3. The molecule has 2 bridgehead atoms. The average Bonchev–Trinajstić information content (AvgIpc) is 3.72. The van der Waals surface area contributed by atoms with Gasteiger partial charge in [0.25, 0.3) is 0 Å². The largest absolute Gasteiger partial charge is 0.492 e. The fourth-order valence-electron chi connectivity index (χ4n) is 9.73. The number of nitrogens with zero attached hydrogens (tertiary/aromatic N) is 4. The number of nitrogens with two attached hydrogens (primary N) is 1. The summed E-state index contributed by atoms with van der Waals surface area (Å²) in [5, 5.41) is 67.3. The summed E-state index contributed by atoms with van der Waals surface area (Å²) >= 11 is 0. The van der Waals surface area contributed by atoms with E-state index in [1.165, 1.54) is 30.5 Å². The van der Waals surface area contributed by atoms with E-state index in [-0.39, 0.29) is 64.2 Å². The number of carbonyl (C=O) groups excluding carboxylic acids is 4. The second-order valence-electron chi connectivity index (χ2n) is 16.9. The molecule has 9 rings (SSSR count). The number of amides is 1. The first-order valence-electron chi connectivity index (χ1n) is 21.4. The van der Waals surface area contributed by atoms with E-state index >= 15 is 0 Å². The summed E-state index contributed by atoms with van der Waals surface area (Å²) < 4.78 is 26.4. The molecule has 0 radical (unpaired) electrons. The quantitative estimate of drug-likeness (QED) is 0.110. The van der Waals surface area contributed by atoms with E-state index in [0.29, 0.717) is 48.8 Å². The minimum atomic E-state index is -2.53. The number of carbonyl (C=O) groups is 4. The van der Waals surface area contributed by atoms with Gasteiger partial charge in [0.15, 0.2) is 40.2 Å². The van der Waals surface area contributed by atoms with Crippen molar-refractivity contribution in [2.45, 2.75) is 99.4 Å². The van der Waals surface area contributed by atoms with Gasteiger partial charge in [-0.15, -0.1) is 0 Å². The van der Waals surface area contributed by atoms with Crippen molar-refractivity contribution < 1.29 is 68.8 Å². The van der Waals surface area contributed by atoms with E-state index in [4.69, 9.17) is 24.7 Å². The molecule has 2 fully saturated rings. The van der Waals surface area contributed by atoms with Crippen molar-refractivity contribution in [3.63, 3.8) is 0 Å². The number of fused-ring (bicyclic) bond motifs is 7. The topological polar surface area (TPSA) is 293 Å². The van der Waals surface area contributed by atoms with Crippen molar-refractivity contribution in [2.75, 3.05) is 24.8 Å². The van der Waals surface area contributed by atoms with Crippen LogP contribution in [-0.4, -0.2) is 134 Å². The zero-order valence-corrected chi connectivity index (χ0v) is 34.9. The lowest BCUT2D eigenvalue weighted by Crippen LogP contribution is -2.72. The number of anilines is 1. The first-order valence-corrected chi connectivity index (χ1v) is 21.4. The molecule has 19 heteroatoms. The summed E-state index contributed by atoms with van der Waals surface area (Å²) in [7, 11) is 0. The van der Waals surface area contributed by atoms with E-state index in [1.54, 1.807) is 35.2 Å². The monoisotopic (exact) mass is 893 g/mol. The Morgan fingerprint density at radius 3 is 2.51 bits per heavy atom. The van der Waals surface area contributed by atoms with Crippen LogP contribution in [0.25, 0.3) is 0 Å². The molecule has 1 saturated carbocycles. The highest BCUT2D eigenvalue weighted by molar-refractivity contribution is 6.72. The molecular formula is C46H47N5O14. The van der Waals surface area contributed by atoms with Gasteiger partial charge in [0.2, 0.25) is 12.2 Å². The summed E-state index contributed by atoms with van der Waals surface area (Å²) in [5.74, 6) is -3.98. The zero-order valence-electron chi connectivity index (χ0n) is 34.9. The number of para-hydroxylation sites is 1. The highest BCUT2D eigenvalue weighted by Gasteiger charge is 2.62. The van der Waals surface area contributed by atoms with E-state index in [2.05, 4.69) is 15.0 Å². The minimum Gasteiger partial charge on any atom is -0.492 e. The van der Waals surface area contributed by atoms with Gasteiger partial charge in [0.1, 0.15) is 43.5 Å². The number of aliphatic hydroxyl groups excluding tert-OH is 5. The van der Waals surface area contributed by atoms with Crippen molar-refractivity contribution in [1.82, 2.24) is 0 Å². The van der Waals surface area contributed by atoms with Gasteiger partial charge >= 0.3 is 5.91 Å². The van der Waals surface area contributed by atoms with Gasteiger partial charge in [-0.05, 0) is 67.2 Å². The van der Waals surface area contributed by atoms with Crippen LogP contribution in [0.4, 0.5) is 5.69 Å². The Morgan fingerprint density at radius 2 is 1.75 bits per heavy atom. The summed E-state index contributed by atoms with van der Waals surface area (Å²) in [5.41, 5.74) is 2.93. The van der Waals surface area contributed by atoms with Crippen molar-refractivity contribution >= 4 is 47.0 Å². The molecule has 4 aliphatic heterocycles. The third-order valence-electron chi connectivity index (χ3n) is 13.0. The first-order chi connectivity index (χ1) is 31.3. The lowest BCUT2D eigenvalue weighted by atomic mass is 9.73. The summed E-state index contributed by atoms with van der Waals surface area (Å²) in [6.07, 6.45) is -2.99. The number of aliphatic hydroxyl groups is 6. The summed E-state index contributed by atoms with van der Waals surface area (Å²) in [4.78, 5) is 68.2. The van der Waals surface area contributed by atoms with Gasteiger partial charge in [-0.2, -0.15) is 9.98 Å². The predicted octanol–water partition coefficient (Wildman–Crippen LogP) is 1.07. The number of hydrogen-bond acceptors (Lipinski definition) is 18. The molecular weight excluding hydrogens is 847 g/mol. The van der Waals surface area contributed by atoms with Gasteiger partial charge in [-0.3, -0.25) is 19.4 Å². The Bertz CT molecular complexity index is 2590. The first kappa shape index (κ1) is 44.0. The molecule has 4 heterocycles. The maximum atomic E-state index is 14.8. The predicted molar refractivity (Wildman–Crippen MR) is 229 cm³/mol. The number of aldehydes is 1. The number of ether oxygens (including phenoxy) is 4. The van der Waals surface area contributed by atoms with Crippen LogP contribution in [0, 0.1) is 0 Å². The summed E-state index contributed by atoms with van der Waals surface area (Å²) in [6, 6.07) is 12.7. The average molecular weight is 894 g/mol. The van der Waals surface area contributed by atoms with E-state index in [9.17, 15) is 49.8 Å². The molecule has 6 aliphatic rings. The van der Waals surface area contributed by atoms with Crippen LogP contribution in [0.3, 0.4) is 0 Å². The standard InChI is InChI=1S/C46H47N5O14/c47-44-49-41-33(42(60)50-44)48-22-51(41)31-7-3-2-6-26(31)25-11-17-63-45(12-4-1-5-13-45)40-36(58)39(59)46(61,14-16-53)43(65-40)64-37-29(25)19-30-32(38(37)62-21-24(55)10-15-52)35(57)28-18-23(20-54)8-9-27(28)34(30)56/h2-3,6-9,11,15,17-19,24-25,36,39-40,43,53-55,58-59,61H,1,4-5,10,12-14,16,20-22H2,(H2,47,50,60)/b17-11-/t24-,25+,36-,39-,40-,43+,46+/m1/s1. The Labute approximate surface area is 371 Å². The molecule has 1 amide bonds. The van der Waals surface area contributed by atoms with Crippen molar-refractivity contribution in [2.24, 2.45) is 20.7 Å². The molecule has 340 valence electrons. The maximum absolute atomic E-state index is 14.8. The Kier molecular flexibility index (Phi) is 11.7. The molecule has 3 aromatic rings. The number of benzene rings is 3. The van der Waals surface area contributed by atoms with Crippen LogP contribution in [0.5, 0.6) is 11.5 Å². The molecule has 8 N–H and O–H groups in total. The molecule has 0 unspecified atom stereocenters. The minimum absolute atomic E-state index is 0.0197. The normalized spacial score (nSPS) is 27.6. The molecule has 7 atom stereocenters. The van der Waals surface area contributed by atoms with Crippen LogP contribution in [0.15, 0.2) is 75.8 Å². The van der Waals surface area contributed by atoms with E-state index in [1.807, 2.05) is 0 Å². The zero-order chi connectivity index (χ0) is 45.8. The Balaban J connectivity index is 1.34. The van der Waals surface area contributed by atoms with E-state index < -0.39 is 97.3 Å². The van der Waals surface area contributed by atoms with Crippen LogP contribution in [-0.2, 0) is 25.7 Å².